The molecule has 6 nitrogen and oxygen atoms in total. The van der Waals surface area contributed by atoms with Gasteiger partial charge in [0.1, 0.15) is 0 Å². The molecule has 1 aromatic carbocycles. The Bertz CT molecular complexity index is 805. The monoisotopic (exact) mass is 316 g/mol. The predicted octanol–water partition coefficient (Wildman–Crippen LogP) is 1.41. The van der Waals surface area contributed by atoms with E-state index in [0.717, 1.165) is 35.3 Å². The molecule has 1 aliphatic rings. The van der Waals surface area contributed by atoms with Crippen LogP contribution in [0.5, 0.6) is 0 Å². The van der Waals surface area contributed by atoms with Crippen molar-refractivity contribution in [2.75, 3.05) is 31.2 Å². The molecule has 23 heavy (non-hydrogen) atoms. The van der Waals surface area contributed by atoms with Crippen LogP contribution in [0.15, 0.2) is 10.9 Å². The Labute approximate surface area is 135 Å². The molecule has 1 unspecified atom stereocenters. The van der Waals surface area contributed by atoms with E-state index in [0.29, 0.717) is 24.5 Å². The van der Waals surface area contributed by atoms with Crippen LogP contribution in [-0.2, 0) is 11.8 Å². The zero-order chi connectivity index (χ0) is 16.7. The standard InChI is InChI=1S/C17H24N4O2/c1-10-9-13-15(14(11(10)2)12(3)18)19-17(20(4)16(13)22)21-5-7-23-8-6-21/h9,12H,5-8,18H2,1-4H3. The number of morpholine rings is 1. The molecule has 2 aromatic rings. The number of aromatic nitrogens is 2. The van der Waals surface area contributed by atoms with E-state index < -0.39 is 0 Å². The Hall–Kier alpha value is -1.92. The molecule has 1 saturated heterocycles. The minimum atomic E-state index is -0.172. The Kier molecular flexibility index (Phi) is 4.12. The second kappa shape index (κ2) is 5.94. The fourth-order valence-corrected chi connectivity index (χ4v) is 3.26. The second-order valence-corrected chi connectivity index (χ2v) is 6.29. The largest absolute Gasteiger partial charge is 0.378 e. The van der Waals surface area contributed by atoms with Gasteiger partial charge in [0, 0.05) is 26.2 Å². The van der Waals surface area contributed by atoms with E-state index in [-0.39, 0.29) is 11.6 Å². The van der Waals surface area contributed by atoms with Gasteiger partial charge in [0.25, 0.3) is 5.56 Å². The molecule has 0 aliphatic carbocycles. The van der Waals surface area contributed by atoms with Gasteiger partial charge in [0.2, 0.25) is 5.95 Å². The van der Waals surface area contributed by atoms with E-state index in [1.165, 1.54) is 0 Å². The molecule has 1 aromatic heterocycles. The first-order valence-electron chi connectivity index (χ1n) is 8.01. The number of rotatable bonds is 2. The number of anilines is 1. The molecule has 2 heterocycles. The molecule has 0 radical (unpaired) electrons. The first-order chi connectivity index (χ1) is 10.9. The highest BCUT2D eigenvalue weighted by molar-refractivity contribution is 5.85. The van der Waals surface area contributed by atoms with E-state index in [1.807, 2.05) is 26.8 Å². The first-order valence-corrected chi connectivity index (χ1v) is 8.01. The molecule has 2 N–H and O–H groups in total. The van der Waals surface area contributed by atoms with E-state index in [9.17, 15) is 4.79 Å². The second-order valence-electron chi connectivity index (χ2n) is 6.29. The number of ether oxygens (including phenoxy) is 1. The van der Waals surface area contributed by atoms with Crippen LogP contribution in [0.2, 0.25) is 0 Å². The van der Waals surface area contributed by atoms with Gasteiger partial charge < -0.3 is 15.4 Å². The van der Waals surface area contributed by atoms with Gasteiger partial charge in [-0.05, 0) is 43.5 Å². The van der Waals surface area contributed by atoms with Gasteiger partial charge in [-0.15, -0.1) is 0 Å². The number of benzene rings is 1. The maximum absolute atomic E-state index is 12.9. The van der Waals surface area contributed by atoms with E-state index >= 15 is 0 Å². The van der Waals surface area contributed by atoms with Gasteiger partial charge in [-0.25, -0.2) is 4.98 Å². The number of aryl methyl sites for hydroxylation is 1. The molecule has 0 saturated carbocycles. The van der Waals surface area contributed by atoms with Crippen LogP contribution in [0.4, 0.5) is 5.95 Å². The highest BCUT2D eigenvalue weighted by Gasteiger charge is 2.21. The molecule has 1 atom stereocenters. The van der Waals surface area contributed by atoms with Crippen LogP contribution in [0.3, 0.4) is 0 Å². The van der Waals surface area contributed by atoms with Gasteiger partial charge in [0.15, 0.2) is 0 Å². The molecule has 0 spiro atoms. The molecule has 3 rings (SSSR count). The average molecular weight is 316 g/mol. The summed E-state index contributed by atoms with van der Waals surface area (Å²) in [6.45, 7) is 8.78. The Morgan fingerprint density at radius 1 is 1.30 bits per heavy atom. The van der Waals surface area contributed by atoms with Crippen molar-refractivity contribution in [1.29, 1.82) is 0 Å². The normalized spacial score (nSPS) is 16.8. The first kappa shape index (κ1) is 16.0. The fourth-order valence-electron chi connectivity index (χ4n) is 3.26. The van der Waals surface area contributed by atoms with Crippen molar-refractivity contribution in [2.24, 2.45) is 12.8 Å². The summed E-state index contributed by atoms with van der Waals surface area (Å²) in [6, 6.07) is 1.75. The third-order valence-electron chi connectivity index (χ3n) is 4.66. The van der Waals surface area contributed by atoms with Crippen molar-refractivity contribution >= 4 is 16.9 Å². The van der Waals surface area contributed by atoms with Crippen LogP contribution < -0.4 is 16.2 Å². The van der Waals surface area contributed by atoms with Crippen LogP contribution in [0.1, 0.15) is 29.7 Å². The third kappa shape index (κ3) is 2.62. The number of hydrogen-bond donors (Lipinski definition) is 1. The molecule has 0 amide bonds. The molecular formula is C17H24N4O2. The average Bonchev–Trinajstić information content (AvgIpc) is 2.53. The summed E-state index contributed by atoms with van der Waals surface area (Å²) in [4.78, 5) is 19.8. The van der Waals surface area contributed by atoms with Crippen molar-refractivity contribution in [3.8, 4) is 0 Å². The molecule has 1 aliphatic heterocycles. The van der Waals surface area contributed by atoms with Crippen molar-refractivity contribution < 1.29 is 4.74 Å². The Balaban J connectivity index is 2.32. The number of hydrogen-bond acceptors (Lipinski definition) is 5. The minimum Gasteiger partial charge on any atom is -0.378 e. The SMILES string of the molecule is Cc1cc2c(=O)n(C)c(N3CCOCC3)nc2c(C(C)N)c1C. The summed E-state index contributed by atoms with van der Waals surface area (Å²) in [6.07, 6.45) is 0. The summed E-state index contributed by atoms with van der Waals surface area (Å²) < 4.78 is 7.03. The summed E-state index contributed by atoms with van der Waals surface area (Å²) >= 11 is 0. The van der Waals surface area contributed by atoms with Crippen molar-refractivity contribution in [3.63, 3.8) is 0 Å². The summed E-state index contributed by atoms with van der Waals surface area (Å²) in [5.41, 5.74) is 10.0. The van der Waals surface area contributed by atoms with Crippen LogP contribution >= 0.6 is 0 Å². The lowest BCUT2D eigenvalue weighted by atomic mass is 9.95. The van der Waals surface area contributed by atoms with E-state index in [1.54, 1.807) is 11.6 Å². The molecular weight excluding hydrogens is 292 g/mol. The van der Waals surface area contributed by atoms with Crippen molar-refractivity contribution in [2.45, 2.75) is 26.8 Å². The lowest BCUT2D eigenvalue weighted by Gasteiger charge is -2.29. The topological polar surface area (TPSA) is 73.4 Å². The number of nitrogens with zero attached hydrogens (tertiary/aromatic N) is 3. The molecule has 124 valence electrons. The lowest BCUT2D eigenvalue weighted by Crippen LogP contribution is -2.40. The minimum absolute atomic E-state index is 0.0264. The highest BCUT2D eigenvalue weighted by Crippen LogP contribution is 2.28. The van der Waals surface area contributed by atoms with E-state index in [4.69, 9.17) is 15.5 Å². The smallest absolute Gasteiger partial charge is 0.262 e. The Morgan fingerprint density at radius 2 is 1.96 bits per heavy atom. The third-order valence-corrected chi connectivity index (χ3v) is 4.66. The van der Waals surface area contributed by atoms with Crippen LogP contribution in [-0.4, -0.2) is 35.9 Å². The molecule has 1 fully saturated rings. The number of fused-ring (bicyclic) bond motifs is 1. The van der Waals surface area contributed by atoms with Crippen LogP contribution in [0, 0.1) is 13.8 Å². The predicted molar refractivity (Wildman–Crippen MR) is 92.1 cm³/mol. The lowest BCUT2D eigenvalue weighted by molar-refractivity contribution is 0.121. The summed E-state index contributed by atoms with van der Waals surface area (Å²) in [5.74, 6) is 0.691. The van der Waals surface area contributed by atoms with Gasteiger partial charge >= 0.3 is 0 Å². The molecule has 6 heteroatoms. The van der Waals surface area contributed by atoms with Gasteiger partial charge in [0.05, 0.1) is 24.1 Å². The zero-order valence-electron chi connectivity index (χ0n) is 14.2. The summed E-state index contributed by atoms with van der Waals surface area (Å²) in [5, 5.41) is 0.639. The maximum atomic E-state index is 12.9. The van der Waals surface area contributed by atoms with Crippen molar-refractivity contribution in [3.05, 3.63) is 33.1 Å². The summed E-state index contributed by atoms with van der Waals surface area (Å²) in [7, 11) is 1.78. The van der Waals surface area contributed by atoms with Gasteiger partial charge in [-0.3, -0.25) is 9.36 Å². The van der Waals surface area contributed by atoms with Crippen molar-refractivity contribution in [1.82, 2.24) is 9.55 Å². The quantitative estimate of drug-likeness (QED) is 0.907. The highest BCUT2D eigenvalue weighted by atomic mass is 16.5. The van der Waals surface area contributed by atoms with Gasteiger partial charge in [-0.1, -0.05) is 0 Å². The fraction of sp³-hybridized carbons (Fsp3) is 0.529. The number of nitrogens with two attached hydrogens (primary N) is 1. The van der Waals surface area contributed by atoms with E-state index in [2.05, 4.69) is 4.90 Å². The molecule has 0 bridgehead atoms. The maximum Gasteiger partial charge on any atom is 0.262 e. The Morgan fingerprint density at radius 3 is 2.57 bits per heavy atom. The zero-order valence-corrected chi connectivity index (χ0v) is 14.2. The van der Waals surface area contributed by atoms with Crippen LogP contribution in [0.25, 0.3) is 10.9 Å². The van der Waals surface area contributed by atoms with Gasteiger partial charge in [-0.2, -0.15) is 0 Å².